The zero-order valence-corrected chi connectivity index (χ0v) is 17.5. The van der Waals surface area contributed by atoms with Gasteiger partial charge < -0.3 is 19.7 Å². The van der Waals surface area contributed by atoms with Crippen LogP contribution < -0.4 is 14.8 Å². The Balaban J connectivity index is 1.70. The van der Waals surface area contributed by atoms with Crippen molar-refractivity contribution in [2.24, 2.45) is 0 Å². The molecule has 6 heteroatoms. The van der Waals surface area contributed by atoms with Crippen LogP contribution in [-0.4, -0.2) is 23.5 Å². The van der Waals surface area contributed by atoms with Gasteiger partial charge in [-0.1, -0.05) is 48.5 Å². The molecule has 31 heavy (non-hydrogen) atoms. The first-order valence-corrected chi connectivity index (χ1v) is 10.1. The molecule has 0 saturated carbocycles. The third kappa shape index (κ3) is 4.53. The SMILES string of the molecule is CC(=O)Nc1cccc(C(C)N(Cc2ccccc2)C(=O)c2cccc3c2OCO3)c1. The molecule has 4 rings (SSSR count). The van der Waals surface area contributed by atoms with E-state index in [-0.39, 0.29) is 24.6 Å². The zero-order chi connectivity index (χ0) is 21.8. The van der Waals surface area contributed by atoms with Crippen LogP contribution in [0.4, 0.5) is 5.69 Å². The summed E-state index contributed by atoms with van der Waals surface area (Å²) in [5, 5.41) is 2.80. The highest BCUT2D eigenvalue weighted by atomic mass is 16.7. The van der Waals surface area contributed by atoms with Gasteiger partial charge in [0.2, 0.25) is 12.7 Å². The van der Waals surface area contributed by atoms with E-state index >= 15 is 0 Å². The number of hydrogen-bond acceptors (Lipinski definition) is 4. The van der Waals surface area contributed by atoms with E-state index in [4.69, 9.17) is 9.47 Å². The van der Waals surface area contributed by atoms with Crippen LogP contribution in [0.25, 0.3) is 0 Å². The Morgan fingerprint density at radius 2 is 1.77 bits per heavy atom. The molecule has 0 aliphatic carbocycles. The lowest BCUT2D eigenvalue weighted by atomic mass is 10.0. The predicted molar refractivity (Wildman–Crippen MR) is 118 cm³/mol. The lowest BCUT2D eigenvalue weighted by molar-refractivity contribution is -0.114. The highest BCUT2D eigenvalue weighted by Crippen LogP contribution is 2.37. The summed E-state index contributed by atoms with van der Waals surface area (Å²) >= 11 is 0. The van der Waals surface area contributed by atoms with Gasteiger partial charge in [0.15, 0.2) is 11.5 Å². The second kappa shape index (κ2) is 8.92. The molecule has 0 fully saturated rings. The molecule has 158 valence electrons. The quantitative estimate of drug-likeness (QED) is 0.628. The van der Waals surface area contributed by atoms with Crippen LogP contribution >= 0.6 is 0 Å². The molecule has 3 aromatic rings. The average Bonchev–Trinajstić information content (AvgIpc) is 3.26. The third-order valence-corrected chi connectivity index (χ3v) is 5.24. The minimum absolute atomic E-state index is 0.104. The van der Waals surface area contributed by atoms with Gasteiger partial charge in [0, 0.05) is 19.2 Å². The highest BCUT2D eigenvalue weighted by molar-refractivity contribution is 5.98. The maximum Gasteiger partial charge on any atom is 0.258 e. The average molecular weight is 416 g/mol. The summed E-state index contributed by atoms with van der Waals surface area (Å²) < 4.78 is 11.0. The van der Waals surface area contributed by atoms with E-state index in [9.17, 15) is 9.59 Å². The molecule has 0 radical (unpaired) electrons. The molecule has 1 heterocycles. The first kappa shape index (κ1) is 20.5. The maximum absolute atomic E-state index is 13.7. The Morgan fingerprint density at radius 1 is 1.00 bits per heavy atom. The smallest absolute Gasteiger partial charge is 0.258 e. The van der Waals surface area contributed by atoms with Crippen molar-refractivity contribution in [2.75, 3.05) is 12.1 Å². The summed E-state index contributed by atoms with van der Waals surface area (Å²) in [5.74, 6) is 0.762. The fourth-order valence-corrected chi connectivity index (χ4v) is 3.68. The standard InChI is InChI=1S/C25H24N2O4/c1-17(20-10-6-11-21(14-20)26-18(2)28)27(15-19-8-4-3-5-9-19)25(29)22-12-7-13-23-24(22)31-16-30-23/h3-14,17H,15-16H2,1-2H3,(H,26,28). The van der Waals surface area contributed by atoms with Gasteiger partial charge in [-0.2, -0.15) is 0 Å². The van der Waals surface area contributed by atoms with Gasteiger partial charge in [0.05, 0.1) is 11.6 Å². The van der Waals surface area contributed by atoms with Crippen molar-refractivity contribution in [3.8, 4) is 11.5 Å². The largest absolute Gasteiger partial charge is 0.454 e. The molecule has 1 atom stereocenters. The number of fused-ring (bicyclic) bond motifs is 1. The van der Waals surface area contributed by atoms with Crippen LogP contribution in [0.3, 0.4) is 0 Å². The molecule has 1 aliphatic heterocycles. The summed E-state index contributed by atoms with van der Waals surface area (Å²) in [6, 6.07) is 22.5. The van der Waals surface area contributed by atoms with E-state index in [1.54, 1.807) is 23.1 Å². The number of amides is 2. The Hall–Kier alpha value is -3.80. The molecule has 6 nitrogen and oxygen atoms in total. The van der Waals surface area contributed by atoms with Crippen LogP contribution in [0.1, 0.15) is 41.4 Å². The van der Waals surface area contributed by atoms with Gasteiger partial charge in [0.25, 0.3) is 5.91 Å². The van der Waals surface area contributed by atoms with E-state index in [0.29, 0.717) is 29.3 Å². The number of anilines is 1. The number of rotatable bonds is 6. The summed E-state index contributed by atoms with van der Waals surface area (Å²) in [4.78, 5) is 27.0. The number of carbonyl (C=O) groups excluding carboxylic acids is 2. The normalized spacial score (nSPS) is 12.8. The van der Waals surface area contributed by atoms with E-state index in [1.807, 2.05) is 61.5 Å². The number of nitrogens with zero attached hydrogens (tertiary/aromatic N) is 1. The van der Waals surface area contributed by atoms with Gasteiger partial charge in [-0.25, -0.2) is 0 Å². The summed E-state index contributed by atoms with van der Waals surface area (Å²) in [5.41, 5.74) is 3.10. The van der Waals surface area contributed by atoms with E-state index in [2.05, 4.69) is 5.32 Å². The van der Waals surface area contributed by atoms with E-state index in [1.165, 1.54) is 6.92 Å². The van der Waals surface area contributed by atoms with Gasteiger partial charge in [-0.05, 0) is 42.3 Å². The fourth-order valence-electron chi connectivity index (χ4n) is 3.68. The van der Waals surface area contributed by atoms with Crippen molar-refractivity contribution < 1.29 is 19.1 Å². The number of hydrogen-bond donors (Lipinski definition) is 1. The van der Waals surface area contributed by atoms with Crippen molar-refractivity contribution in [3.63, 3.8) is 0 Å². The molecular weight excluding hydrogens is 392 g/mol. The Morgan fingerprint density at radius 3 is 2.55 bits per heavy atom. The first-order chi connectivity index (χ1) is 15.0. The molecule has 1 aliphatic rings. The summed E-state index contributed by atoms with van der Waals surface area (Å²) in [6.07, 6.45) is 0. The molecular formula is C25H24N2O4. The van der Waals surface area contributed by atoms with Crippen LogP contribution in [0.5, 0.6) is 11.5 Å². The molecule has 0 aromatic heterocycles. The number of nitrogens with one attached hydrogen (secondary N) is 1. The molecule has 1 N–H and O–H groups in total. The van der Waals surface area contributed by atoms with Crippen LogP contribution in [-0.2, 0) is 11.3 Å². The molecule has 3 aromatic carbocycles. The van der Waals surface area contributed by atoms with Crippen LogP contribution in [0.15, 0.2) is 72.8 Å². The van der Waals surface area contributed by atoms with Gasteiger partial charge >= 0.3 is 0 Å². The van der Waals surface area contributed by atoms with Gasteiger partial charge in [-0.15, -0.1) is 0 Å². The number of para-hydroxylation sites is 1. The van der Waals surface area contributed by atoms with Gasteiger partial charge in [-0.3, -0.25) is 9.59 Å². The zero-order valence-electron chi connectivity index (χ0n) is 17.5. The van der Waals surface area contributed by atoms with E-state index < -0.39 is 0 Å². The molecule has 0 bridgehead atoms. The second-order valence-corrected chi connectivity index (χ2v) is 7.44. The number of carbonyl (C=O) groups is 2. The first-order valence-electron chi connectivity index (χ1n) is 10.1. The lowest BCUT2D eigenvalue weighted by Crippen LogP contribution is -2.33. The van der Waals surface area contributed by atoms with Crippen LogP contribution in [0, 0.1) is 0 Å². The highest BCUT2D eigenvalue weighted by Gasteiger charge is 2.29. The Kier molecular flexibility index (Phi) is 5.89. The molecule has 1 unspecified atom stereocenters. The Labute approximate surface area is 181 Å². The van der Waals surface area contributed by atoms with Gasteiger partial charge in [0.1, 0.15) is 0 Å². The predicted octanol–water partition coefficient (Wildman–Crippen LogP) is 4.78. The van der Waals surface area contributed by atoms with Crippen molar-refractivity contribution in [1.29, 1.82) is 0 Å². The number of ether oxygens (including phenoxy) is 2. The minimum atomic E-state index is -0.250. The minimum Gasteiger partial charge on any atom is -0.454 e. The topological polar surface area (TPSA) is 67.9 Å². The van der Waals surface area contributed by atoms with Crippen LogP contribution in [0.2, 0.25) is 0 Å². The maximum atomic E-state index is 13.7. The summed E-state index contributed by atoms with van der Waals surface area (Å²) in [7, 11) is 0. The number of benzene rings is 3. The fraction of sp³-hybridized carbons (Fsp3) is 0.200. The van der Waals surface area contributed by atoms with Crippen molar-refractivity contribution >= 4 is 17.5 Å². The molecule has 2 amide bonds. The van der Waals surface area contributed by atoms with Crippen molar-refractivity contribution in [3.05, 3.63) is 89.5 Å². The lowest BCUT2D eigenvalue weighted by Gasteiger charge is -2.30. The summed E-state index contributed by atoms with van der Waals surface area (Å²) in [6.45, 7) is 3.98. The molecule has 0 saturated heterocycles. The Bertz CT molecular complexity index is 1100. The third-order valence-electron chi connectivity index (χ3n) is 5.24. The second-order valence-electron chi connectivity index (χ2n) is 7.44. The monoisotopic (exact) mass is 416 g/mol. The van der Waals surface area contributed by atoms with E-state index in [0.717, 1.165) is 11.1 Å². The molecule has 0 spiro atoms. The van der Waals surface area contributed by atoms with Crippen molar-refractivity contribution in [1.82, 2.24) is 4.90 Å². The van der Waals surface area contributed by atoms with Crippen molar-refractivity contribution in [2.45, 2.75) is 26.4 Å².